The Hall–Kier alpha value is -1.56. The molecule has 1 aromatic rings. The summed E-state index contributed by atoms with van der Waals surface area (Å²) in [5.74, 6) is 1.18. The van der Waals surface area contributed by atoms with Gasteiger partial charge >= 0.3 is 0 Å². The molecule has 114 valence electrons. The molecular weight excluding hydrogens is 268 g/mol. The summed E-state index contributed by atoms with van der Waals surface area (Å²) in [5, 5.41) is 2.82. The monoisotopic (exact) mass is 289 g/mol. The number of methoxy groups -OCH3 is 3. The topological polar surface area (TPSA) is 39.7 Å². The molecule has 6 heteroatoms. The third-order valence-electron chi connectivity index (χ3n) is 2.94. The Balaban J connectivity index is 3.24. The molecule has 0 amide bonds. The van der Waals surface area contributed by atoms with Gasteiger partial charge in [-0.1, -0.05) is 6.92 Å². The highest BCUT2D eigenvalue weighted by atomic mass is 19.3. The Kier molecular flexibility index (Phi) is 6.51. The molecule has 0 saturated carbocycles. The van der Waals surface area contributed by atoms with Crippen LogP contribution in [0.25, 0.3) is 0 Å². The molecule has 0 radical (unpaired) electrons. The lowest BCUT2D eigenvalue weighted by molar-refractivity contribution is 0.0970. The minimum atomic E-state index is -2.55. The first-order chi connectivity index (χ1) is 9.58. The predicted octanol–water partition coefficient (Wildman–Crippen LogP) is 3.02. The van der Waals surface area contributed by atoms with Gasteiger partial charge in [0, 0.05) is 11.6 Å². The van der Waals surface area contributed by atoms with Crippen molar-refractivity contribution in [1.82, 2.24) is 5.32 Å². The van der Waals surface area contributed by atoms with E-state index in [0.717, 1.165) is 6.42 Å². The first-order valence-corrected chi connectivity index (χ1v) is 6.40. The Morgan fingerprint density at radius 1 is 1.00 bits per heavy atom. The lowest BCUT2D eigenvalue weighted by Gasteiger charge is -2.22. The molecule has 0 aromatic heterocycles. The van der Waals surface area contributed by atoms with Gasteiger partial charge in [-0.3, -0.25) is 0 Å². The predicted molar refractivity (Wildman–Crippen MR) is 73.1 cm³/mol. The van der Waals surface area contributed by atoms with E-state index in [-0.39, 0.29) is 0 Å². The van der Waals surface area contributed by atoms with E-state index in [1.165, 1.54) is 27.4 Å². The molecule has 1 atom stereocenters. The number of hydrogen-bond acceptors (Lipinski definition) is 4. The zero-order valence-electron chi connectivity index (χ0n) is 12.2. The molecule has 0 aliphatic rings. The second-order valence-corrected chi connectivity index (χ2v) is 4.22. The van der Waals surface area contributed by atoms with E-state index in [1.54, 1.807) is 6.07 Å². The SMILES string of the molecule is CCCNC(c1cc(OC)c(OC)cc1OC)C(F)F. The van der Waals surface area contributed by atoms with E-state index in [1.807, 2.05) is 6.92 Å². The number of ether oxygens (including phenoxy) is 3. The van der Waals surface area contributed by atoms with Gasteiger partial charge in [0.1, 0.15) is 5.75 Å². The van der Waals surface area contributed by atoms with Crippen LogP contribution < -0.4 is 19.5 Å². The van der Waals surface area contributed by atoms with Crippen LogP contribution in [0.2, 0.25) is 0 Å². The average Bonchev–Trinajstić information content (AvgIpc) is 2.46. The largest absolute Gasteiger partial charge is 0.496 e. The van der Waals surface area contributed by atoms with Crippen molar-refractivity contribution in [3.63, 3.8) is 0 Å². The molecule has 0 aliphatic heterocycles. The summed E-state index contributed by atoms with van der Waals surface area (Å²) < 4.78 is 42.0. The van der Waals surface area contributed by atoms with Gasteiger partial charge in [-0.15, -0.1) is 0 Å². The van der Waals surface area contributed by atoms with Crippen LogP contribution in [0.3, 0.4) is 0 Å². The van der Waals surface area contributed by atoms with E-state index in [9.17, 15) is 8.78 Å². The van der Waals surface area contributed by atoms with E-state index in [4.69, 9.17) is 14.2 Å². The van der Waals surface area contributed by atoms with Crippen LogP contribution in [-0.2, 0) is 0 Å². The smallest absolute Gasteiger partial charge is 0.257 e. The van der Waals surface area contributed by atoms with Gasteiger partial charge in [-0.25, -0.2) is 8.78 Å². The van der Waals surface area contributed by atoms with Crippen LogP contribution in [0.4, 0.5) is 8.78 Å². The highest BCUT2D eigenvalue weighted by molar-refractivity contribution is 5.52. The molecule has 4 nitrogen and oxygen atoms in total. The van der Waals surface area contributed by atoms with E-state index < -0.39 is 12.5 Å². The summed E-state index contributed by atoms with van der Waals surface area (Å²) in [6.45, 7) is 2.41. The van der Waals surface area contributed by atoms with Gasteiger partial charge in [0.25, 0.3) is 6.43 Å². The summed E-state index contributed by atoms with van der Waals surface area (Å²) >= 11 is 0. The fraction of sp³-hybridized carbons (Fsp3) is 0.571. The number of rotatable bonds is 8. The first-order valence-electron chi connectivity index (χ1n) is 6.40. The molecule has 0 saturated heterocycles. The van der Waals surface area contributed by atoms with E-state index >= 15 is 0 Å². The standard InChI is InChI=1S/C14H21F2NO3/c1-5-6-17-13(14(15)16)9-7-11(19-3)12(20-4)8-10(9)18-2/h7-8,13-14,17H,5-6H2,1-4H3. The summed E-state index contributed by atoms with van der Waals surface area (Å²) in [6.07, 6.45) is -1.78. The highest BCUT2D eigenvalue weighted by Crippen LogP contribution is 2.39. The molecule has 1 N–H and O–H groups in total. The number of halogens is 2. The van der Waals surface area contributed by atoms with Crippen molar-refractivity contribution in [2.75, 3.05) is 27.9 Å². The fourth-order valence-corrected chi connectivity index (χ4v) is 1.93. The third kappa shape index (κ3) is 3.72. The summed E-state index contributed by atoms with van der Waals surface area (Å²) in [5.41, 5.74) is 0.355. The molecule has 0 spiro atoms. The maximum absolute atomic E-state index is 13.3. The van der Waals surface area contributed by atoms with Crippen molar-refractivity contribution in [2.45, 2.75) is 25.8 Å². The fourth-order valence-electron chi connectivity index (χ4n) is 1.93. The normalized spacial score (nSPS) is 12.3. The molecule has 0 fully saturated rings. The maximum atomic E-state index is 13.3. The molecule has 20 heavy (non-hydrogen) atoms. The van der Waals surface area contributed by atoms with Crippen LogP contribution in [0.1, 0.15) is 24.9 Å². The van der Waals surface area contributed by atoms with Crippen LogP contribution in [0, 0.1) is 0 Å². The van der Waals surface area contributed by atoms with E-state index in [0.29, 0.717) is 29.4 Å². The molecule has 1 aromatic carbocycles. The van der Waals surface area contributed by atoms with Crippen molar-refractivity contribution < 1.29 is 23.0 Å². The minimum Gasteiger partial charge on any atom is -0.496 e. The molecule has 0 bridgehead atoms. The Morgan fingerprint density at radius 3 is 2.00 bits per heavy atom. The molecular formula is C14H21F2NO3. The summed E-state index contributed by atoms with van der Waals surface area (Å²) in [4.78, 5) is 0. The second-order valence-electron chi connectivity index (χ2n) is 4.22. The number of alkyl halides is 2. The lowest BCUT2D eigenvalue weighted by atomic mass is 10.0. The van der Waals surface area contributed by atoms with E-state index in [2.05, 4.69) is 5.32 Å². The van der Waals surface area contributed by atoms with Gasteiger partial charge in [0.2, 0.25) is 0 Å². The Labute approximate surface area is 118 Å². The van der Waals surface area contributed by atoms with Gasteiger partial charge in [0.15, 0.2) is 11.5 Å². The van der Waals surface area contributed by atoms with Crippen molar-refractivity contribution in [3.8, 4) is 17.2 Å². The lowest BCUT2D eigenvalue weighted by Crippen LogP contribution is -2.28. The molecule has 1 unspecified atom stereocenters. The summed E-state index contributed by atoms with van der Waals surface area (Å²) in [6, 6.07) is 1.97. The van der Waals surface area contributed by atoms with Crippen LogP contribution in [0.15, 0.2) is 12.1 Å². The average molecular weight is 289 g/mol. The van der Waals surface area contributed by atoms with Crippen LogP contribution in [-0.4, -0.2) is 34.3 Å². The van der Waals surface area contributed by atoms with Crippen molar-refractivity contribution in [3.05, 3.63) is 17.7 Å². The van der Waals surface area contributed by atoms with Gasteiger partial charge in [-0.2, -0.15) is 0 Å². The second kappa shape index (κ2) is 7.89. The molecule has 0 aliphatic carbocycles. The maximum Gasteiger partial charge on any atom is 0.257 e. The first kappa shape index (κ1) is 16.5. The van der Waals surface area contributed by atoms with Gasteiger partial charge in [-0.05, 0) is 19.0 Å². The number of hydrogen-bond donors (Lipinski definition) is 1. The quantitative estimate of drug-likeness (QED) is 0.798. The molecule has 0 heterocycles. The third-order valence-corrected chi connectivity index (χ3v) is 2.94. The number of benzene rings is 1. The van der Waals surface area contributed by atoms with Crippen LogP contribution >= 0.6 is 0 Å². The highest BCUT2D eigenvalue weighted by Gasteiger charge is 2.26. The van der Waals surface area contributed by atoms with Crippen molar-refractivity contribution in [1.29, 1.82) is 0 Å². The zero-order valence-corrected chi connectivity index (χ0v) is 12.2. The van der Waals surface area contributed by atoms with Crippen molar-refractivity contribution >= 4 is 0 Å². The molecule has 1 rings (SSSR count). The van der Waals surface area contributed by atoms with Crippen LogP contribution in [0.5, 0.6) is 17.2 Å². The van der Waals surface area contributed by atoms with Crippen molar-refractivity contribution in [2.24, 2.45) is 0 Å². The Bertz CT molecular complexity index is 427. The van der Waals surface area contributed by atoms with Gasteiger partial charge < -0.3 is 19.5 Å². The van der Waals surface area contributed by atoms with Gasteiger partial charge in [0.05, 0.1) is 27.4 Å². The minimum absolute atomic E-state index is 0.344. The number of nitrogens with one attached hydrogen (secondary N) is 1. The zero-order chi connectivity index (χ0) is 15.1. The summed E-state index contributed by atoms with van der Waals surface area (Å²) in [7, 11) is 4.38. The Morgan fingerprint density at radius 2 is 1.55 bits per heavy atom.